The van der Waals surface area contributed by atoms with E-state index in [1.807, 2.05) is 0 Å². The van der Waals surface area contributed by atoms with Crippen LogP contribution in [-0.4, -0.2) is 82.1 Å². The Balaban J connectivity index is 0.000000745. The van der Waals surface area contributed by atoms with E-state index in [0.29, 0.717) is 48.4 Å². The van der Waals surface area contributed by atoms with Crippen LogP contribution in [0, 0.1) is 11.3 Å². The topological polar surface area (TPSA) is 196 Å². The number of nitrogens with zero attached hydrogens (tertiary/aromatic N) is 2. The Bertz CT molecular complexity index is 1230. The van der Waals surface area contributed by atoms with Crippen molar-refractivity contribution in [2.75, 3.05) is 26.2 Å². The molecule has 0 spiro atoms. The van der Waals surface area contributed by atoms with Crippen LogP contribution in [0.4, 0.5) is 13.2 Å². The molecular formula is C26H30F3N5O7. The van der Waals surface area contributed by atoms with Crippen molar-refractivity contribution in [3.63, 3.8) is 0 Å². The van der Waals surface area contributed by atoms with Crippen LogP contribution in [0.15, 0.2) is 42.7 Å². The number of carboxylic acids is 2. The smallest absolute Gasteiger partial charge is 0.490 e. The second-order valence-corrected chi connectivity index (χ2v) is 8.87. The summed E-state index contributed by atoms with van der Waals surface area (Å²) in [5, 5.41) is 26.5. The molecule has 0 unspecified atom stereocenters. The Kier molecular flexibility index (Phi) is 12.0. The van der Waals surface area contributed by atoms with Gasteiger partial charge >= 0.3 is 18.1 Å². The zero-order valence-electron chi connectivity index (χ0n) is 21.8. The van der Waals surface area contributed by atoms with E-state index >= 15 is 0 Å². The molecule has 1 aromatic heterocycles. The molecule has 0 bridgehead atoms. The van der Waals surface area contributed by atoms with Gasteiger partial charge in [0.2, 0.25) is 5.91 Å². The van der Waals surface area contributed by atoms with Crippen LogP contribution >= 0.6 is 0 Å². The van der Waals surface area contributed by atoms with E-state index in [2.05, 4.69) is 10.3 Å². The number of nitrogens with one attached hydrogen (secondary N) is 2. The quantitative estimate of drug-likeness (QED) is 0.158. The summed E-state index contributed by atoms with van der Waals surface area (Å²) in [5.74, 6) is -3.64. The van der Waals surface area contributed by atoms with Crippen molar-refractivity contribution in [3.05, 3.63) is 59.4 Å². The van der Waals surface area contributed by atoms with Crippen molar-refractivity contribution in [1.29, 1.82) is 5.41 Å². The lowest BCUT2D eigenvalue weighted by molar-refractivity contribution is -0.192. The van der Waals surface area contributed by atoms with Crippen molar-refractivity contribution in [2.45, 2.75) is 31.9 Å². The summed E-state index contributed by atoms with van der Waals surface area (Å²) in [5.41, 5.74) is 7.31. The zero-order valence-corrected chi connectivity index (χ0v) is 21.8. The van der Waals surface area contributed by atoms with Gasteiger partial charge in [-0.1, -0.05) is 12.1 Å². The first kappa shape index (κ1) is 32.5. The maximum absolute atomic E-state index is 12.6. The van der Waals surface area contributed by atoms with E-state index < -0.39 is 18.1 Å². The number of benzene rings is 1. The number of carbonyl (C=O) groups is 4. The van der Waals surface area contributed by atoms with Gasteiger partial charge in [0, 0.05) is 48.9 Å². The van der Waals surface area contributed by atoms with Crippen molar-refractivity contribution >= 4 is 29.6 Å². The maximum Gasteiger partial charge on any atom is 0.490 e. The molecule has 1 fully saturated rings. The predicted molar refractivity (Wildman–Crippen MR) is 138 cm³/mol. The third-order valence-corrected chi connectivity index (χ3v) is 5.97. The Morgan fingerprint density at radius 2 is 1.68 bits per heavy atom. The number of rotatable bonds is 10. The van der Waals surface area contributed by atoms with Crippen molar-refractivity contribution in [3.8, 4) is 5.75 Å². The molecule has 0 aliphatic carbocycles. The van der Waals surface area contributed by atoms with Gasteiger partial charge in [-0.05, 0) is 43.0 Å². The molecule has 0 saturated carbocycles. The third kappa shape index (κ3) is 10.8. The lowest BCUT2D eigenvalue weighted by Crippen LogP contribution is -2.43. The molecule has 1 aliphatic rings. The molecule has 0 radical (unpaired) electrons. The second kappa shape index (κ2) is 15.2. The first-order valence-electron chi connectivity index (χ1n) is 12.4. The third-order valence-electron chi connectivity index (χ3n) is 5.97. The van der Waals surface area contributed by atoms with Crippen LogP contribution in [0.2, 0.25) is 0 Å². The molecular weight excluding hydrogens is 551 g/mol. The molecule has 2 amide bonds. The summed E-state index contributed by atoms with van der Waals surface area (Å²) in [7, 11) is 0. The van der Waals surface area contributed by atoms with Gasteiger partial charge in [-0.25, -0.2) is 4.79 Å². The van der Waals surface area contributed by atoms with Gasteiger partial charge in [-0.2, -0.15) is 13.2 Å². The van der Waals surface area contributed by atoms with Crippen LogP contribution in [0.25, 0.3) is 0 Å². The molecule has 41 heavy (non-hydrogen) atoms. The molecule has 1 aromatic carbocycles. The first-order chi connectivity index (χ1) is 19.3. The molecule has 1 saturated heterocycles. The van der Waals surface area contributed by atoms with Crippen LogP contribution < -0.4 is 15.8 Å². The minimum Gasteiger partial charge on any atom is -0.491 e. The molecule has 222 valence electrons. The first-order valence-corrected chi connectivity index (χ1v) is 12.4. The molecule has 1 aliphatic heterocycles. The number of carboxylic acid groups (broad SMARTS) is 2. The van der Waals surface area contributed by atoms with E-state index in [1.54, 1.807) is 47.6 Å². The van der Waals surface area contributed by atoms with Crippen LogP contribution in [0.5, 0.6) is 5.75 Å². The fraction of sp³-hybridized carbons (Fsp3) is 0.385. The summed E-state index contributed by atoms with van der Waals surface area (Å²) in [4.78, 5) is 50.6. The highest BCUT2D eigenvalue weighted by Gasteiger charge is 2.38. The second-order valence-electron chi connectivity index (χ2n) is 8.87. The highest BCUT2D eigenvalue weighted by Crippen LogP contribution is 2.23. The highest BCUT2D eigenvalue weighted by atomic mass is 19.4. The Morgan fingerprint density at radius 1 is 1.07 bits per heavy atom. The van der Waals surface area contributed by atoms with Crippen LogP contribution in [0.1, 0.15) is 40.7 Å². The Morgan fingerprint density at radius 3 is 2.22 bits per heavy atom. The number of alkyl halides is 3. The minimum atomic E-state index is -5.08. The number of hydrogen-bond donors (Lipinski definition) is 5. The number of amides is 2. The summed E-state index contributed by atoms with van der Waals surface area (Å²) >= 11 is 0. The van der Waals surface area contributed by atoms with Crippen LogP contribution in [0.3, 0.4) is 0 Å². The summed E-state index contributed by atoms with van der Waals surface area (Å²) in [6, 6.07) is 8.33. The van der Waals surface area contributed by atoms with E-state index in [4.69, 9.17) is 30.9 Å². The molecule has 2 heterocycles. The van der Waals surface area contributed by atoms with Gasteiger partial charge in [0.1, 0.15) is 18.2 Å². The average molecular weight is 582 g/mol. The number of aryl methyl sites for hydroxylation is 1. The summed E-state index contributed by atoms with van der Waals surface area (Å²) in [6.45, 7) is 1.49. The van der Waals surface area contributed by atoms with E-state index in [9.17, 15) is 27.6 Å². The summed E-state index contributed by atoms with van der Waals surface area (Å²) in [6.07, 6.45) is -0.504. The lowest BCUT2D eigenvalue weighted by Gasteiger charge is -2.31. The fourth-order valence-corrected chi connectivity index (χ4v) is 3.81. The number of hydrogen-bond acceptors (Lipinski definition) is 7. The van der Waals surface area contributed by atoms with Crippen molar-refractivity contribution in [2.24, 2.45) is 11.7 Å². The number of ether oxygens (including phenoxy) is 1. The molecule has 2 aromatic rings. The SMILES string of the molecule is N=C(N)c1ccc(CCC(=O)O)c(OCCNC(=O)C2CCN(C(=O)c3ccncc3)CC2)c1.O=C(O)C(F)(F)F. The highest BCUT2D eigenvalue weighted by molar-refractivity contribution is 5.95. The van der Waals surface area contributed by atoms with E-state index in [1.165, 1.54) is 0 Å². The zero-order chi connectivity index (χ0) is 30.6. The monoisotopic (exact) mass is 581 g/mol. The van der Waals surface area contributed by atoms with E-state index in [-0.39, 0.29) is 49.6 Å². The number of halogens is 3. The van der Waals surface area contributed by atoms with E-state index in [0.717, 1.165) is 0 Å². The van der Waals surface area contributed by atoms with Gasteiger partial charge < -0.3 is 30.9 Å². The number of nitrogens with two attached hydrogens (primary N) is 1. The van der Waals surface area contributed by atoms with Gasteiger partial charge in [0.05, 0.1) is 6.54 Å². The van der Waals surface area contributed by atoms with Crippen molar-refractivity contribution in [1.82, 2.24) is 15.2 Å². The maximum atomic E-state index is 12.6. The predicted octanol–water partition coefficient (Wildman–Crippen LogP) is 2.06. The number of nitrogen functional groups attached to an aromatic ring is 1. The lowest BCUT2D eigenvalue weighted by atomic mass is 9.95. The van der Waals surface area contributed by atoms with Gasteiger partial charge in [0.25, 0.3) is 5.91 Å². The number of aromatic nitrogens is 1. The average Bonchev–Trinajstić information content (AvgIpc) is 2.94. The normalized spacial score (nSPS) is 13.4. The van der Waals surface area contributed by atoms with Gasteiger partial charge in [-0.15, -0.1) is 0 Å². The molecule has 15 heteroatoms. The molecule has 3 rings (SSSR count). The fourth-order valence-electron chi connectivity index (χ4n) is 3.81. The molecule has 6 N–H and O–H groups in total. The van der Waals surface area contributed by atoms with Crippen molar-refractivity contribution < 1.29 is 47.3 Å². The Hall–Kier alpha value is -4.69. The number of pyridine rings is 1. The number of carbonyl (C=O) groups excluding carboxylic acids is 2. The largest absolute Gasteiger partial charge is 0.491 e. The standard InChI is InChI=1S/C24H29N5O5.C2HF3O2/c25-22(26)19-2-1-16(3-4-21(30)31)20(15-19)34-14-11-28-23(32)17-7-12-29(13-8-17)24(33)18-5-9-27-10-6-18;3-2(4,5)1(6)7/h1-2,5-6,9-10,15,17H,3-4,7-8,11-14H2,(H3,25,26)(H,28,32)(H,30,31);(H,6,7). The van der Waals surface area contributed by atoms with Gasteiger partial charge in [0.15, 0.2) is 0 Å². The Labute approximate surface area is 232 Å². The number of aliphatic carboxylic acids is 2. The van der Waals surface area contributed by atoms with Crippen LogP contribution in [-0.2, 0) is 20.8 Å². The number of piperidine rings is 1. The number of likely N-dealkylation sites (tertiary alicyclic amines) is 1. The number of amidine groups is 1. The molecule has 12 nitrogen and oxygen atoms in total. The minimum absolute atomic E-state index is 0.0468. The summed E-state index contributed by atoms with van der Waals surface area (Å²) < 4.78 is 37.5. The van der Waals surface area contributed by atoms with Gasteiger partial charge in [-0.3, -0.25) is 24.8 Å². The molecule has 0 atom stereocenters.